The van der Waals surface area contributed by atoms with Crippen LogP contribution < -0.4 is 0 Å². The lowest BCUT2D eigenvalue weighted by atomic mass is 9.81. The molecule has 0 heterocycles. The third kappa shape index (κ3) is 2.74. The molecule has 6 heteroatoms. The van der Waals surface area contributed by atoms with Gasteiger partial charge >= 0.3 is 8.80 Å². The van der Waals surface area contributed by atoms with Crippen LogP contribution >= 0.6 is 0 Å². The molecule has 4 unspecified atom stereocenters. The topological polar surface area (TPSA) is 61.8 Å². The summed E-state index contributed by atoms with van der Waals surface area (Å²) in [5.41, 5.74) is 0. The van der Waals surface area contributed by atoms with Gasteiger partial charge < -0.3 is 13.3 Å². The molecule has 0 aliphatic heterocycles. The lowest BCUT2D eigenvalue weighted by molar-refractivity contribution is -0.123. The summed E-state index contributed by atoms with van der Waals surface area (Å²) in [4.78, 5) is 22.9. The molecule has 5 nitrogen and oxygen atoms in total. The third-order valence-corrected chi connectivity index (χ3v) is 7.35. The molecular formula is C14H24O5Si. The van der Waals surface area contributed by atoms with Crippen LogP contribution in [-0.2, 0) is 22.9 Å². The molecule has 2 bridgehead atoms. The number of rotatable bonds is 3. The second-order valence-electron chi connectivity index (χ2n) is 5.97. The first-order valence-electron chi connectivity index (χ1n) is 7.16. The van der Waals surface area contributed by atoms with Crippen LogP contribution in [0.15, 0.2) is 0 Å². The van der Waals surface area contributed by atoms with Gasteiger partial charge in [-0.1, -0.05) is 0 Å². The van der Waals surface area contributed by atoms with Crippen LogP contribution in [-0.4, -0.2) is 41.7 Å². The molecule has 3 fully saturated rings. The van der Waals surface area contributed by atoms with Gasteiger partial charge in [0.05, 0.1) is 6.42 Å². The Bertz CT molecular complexity index is 359. The van der Waals surface area contributed by atoms with E-state index in [2.05, 4.69) is 0 Å². The Hall–Kier alpha value is -0.563. The zero-order chi connectivity index (χ0) is 14.9. The van der Waals surface area contributed by atoms with E-state index in [1.807, 2.05) is 6.55 Å². The lowest BCUT2D eigenvalue weighted by Crippen LogP contribution is -2.38. The molecule has 3 aliphatic rings. The summed E-state index contributed by atoms with van der Waals surface area (Å²) in [6.07, 6.45) is 3.81. The molecule has 0 spiro atoms. The largest absolute Gasteiger partial charge is 0.496 e. The zero-order valence-electron chi connectivity index (χ0n) is 12.7. The Kier molecular flexibility index (Phi) is 4.79. The van der Waals surface area contributed by atoms with Gasteiger partial charge in [-0.2, -0.15) is 0 Å². The van der Waals surface area contributed by atoms with Gasteiger partial charge in [-0.05, 0) is 31.1 Å². The van der Waals surface area contributed by atoms with Crippen LogP contribution in [0.3, 0.4) is 0 Å². The average molecular weight is 300 g/mol. The van der Waals surface area contributed by atoms with Crippen LogP contribution in [0.4, 0.5) is 0 Å². The fourth-order valence-corrected chi connectivity index (χ4v) is 4.38. The fourth-order valence-electron chi connectivity index (χ4n) is 3.88. The molecular weight excluding hydrogens is 276 g/mol. The van der Waals surface area contributed by atoms with Crippen molar-refractivity contribution in [2.24, 2.45) is 23.7 Å². The van der Waals surface area contributed by atoms with E-state index in [-0.39, 0.29) is 29.8 Å². The Balaban J connectivity index is 0.000000163. The molecule has 0 aromatic rings. The van der Waals surface area contributed by atoms with Crippen molar-refractivity contribution in [3.63, 3.8) is 0 Å². The maximum absolute atomic E-state index is 11.4. The second kappa shape index (κ2) is 6.05. The number of hydrogen-bond acceptors (Lipinski definition) is 5. The number of carbonyl (C=O) groups excluding carboxylic acids is 2. The molecule has 0 radical (unpaired) electrons. The van der Waals surface area contributed by atoms with Crippen molar-refractivity contribution in [1.29, 1.82) is 0 Å². The molecule has 0 saturated heterocycles. The zero-order valence-corrected chi connectivity index (χ0v) is 13.7. The highest BCUT2D eigenvalue weighted by molar-refractivity contribution is 6.58. The van der Waals surface area contributed by atoms with Crippen molar-refractivity contribution >= 4 is 20.4 Å². The van der Waals surface area contributed by atoms with Crippen LogP contribution in [0.1, 0.15) is 25.7 Å². The van der Waals surface area contributed by atoms with Crippen LogP contribution in [0.5, 0.6) is 0 Å². The van der Waals surface area contributed by atoms with Crippen molar-refractivity contribution in [2.45, 2.75) is 32.2 Å². The predicted octanol–water partition coefficient (Wildman–Crippen LogP) is 1.68. The van der Waals surface area contributed by atoms with Crippen molar-refractivity contribution in [3.8, 4) is 0 Å². The van der Waals surface area contributed by atoms with Gasteiger partial charge in [-0.3, -0.25) is 9.59 Å². The maximum atomic E-state index is 11.4. The van der Waals surface area contributed by atoms with Crippen molar-refractivity contribution in [3.05, 3.63) is 0 Å². The van der Waals surface area contributed by atoms with Gasteiger partial charge in [0.25, 0.3) is 0 Å². The first-order valence-corrected chi connectivity index (χ1v) is 9.39. The molecule has 4 atom stereocenters. The Morgan fingerprint density at radius 1 is 0.900 bits per heavy atom. The molecule has 0 aromatic carbocycles. The number of ketones is 2. The number of Topliss-reactive ketones (excluding diaryl/α,β-unsaturated/α-hetero) is 2. The minimum atomic E-state index is -2.17. The summed E-state index contributed by atoms with van der Waals surface area (Å²) in [7, 11) is 2.58. The van der Waals surface area contributed by atoms with Gasteiger partial charge in [0, 0.05) is 39.7 Å². The Morgan fingerprint density at radius 2 is 1.30 bits per heavy atom. The highest BCUT2D eigenvalue weighted by Crippen LogP contribution is 2.55. The summed E-state index contributed by atoms with van der Waals surface area (Å²) < 4.78 is 14.8. The first-order chi connectivity index (χ1) is 9.45. The van der Waals surface area contributed by atoms with Crippen molar-refractivity contribution < 1.29 is 22.9 Å². The Morgan fingerprint density at radius 3 is 1.60 bits per heavy atom. The lowest BCUT2D eigenvalue weighted by Gasteiger charge is -2.21. The van der Waals surface area contributed by atoms with Crippen LogP contribution in [0.25, 0.3) is 0 Å². The van der Waals surface area contributed by atoms with E-state index in [9.17, 15) is 9.59 Å². The third-order valence-electron chi connectivity index (χ3n) is 5.12. The molecule has 0 N–H and O–H groups in total. The number of fused-ring (bicyclic) bond motifs is 5. The number of hydrogen-bond donors (Lipinski definition) is 0. The van der Waals surface area contributed by atoms with Gasteiger partial charge in [-0.25, -0.2) is 0 Å². The smallest absolute Gasteiger partial charge is 0.377 e. The van der Waals surface area contributed by atoms with E-state index in [0.717, 1.165) is 6.42 Å². The normalized spacial score (nSPS) is 35.0. The van der Waals surface area contributed by atoms with E-state index in [1.54, 1.807) is 21.3 Å². The van der Waals surface area contributed by atoms with Crippen molar-refractivity contribution in [2.75, 3.05) is 21.3 Å². The fraction of sp³-hybridized carbons (Fsp3) is 0.857. The molecule has 3 saturated carbocycles. The first kappa shape index (κ1) is 15.8. The molecule has 3 aliphatic carbocycles. The summed E-state index contributed by atoms with van der Waals surface area (Å²) in [6, 6.07) is 0. The average Bonchev–Trinajstić information content (AvgIpc) is 3.13. The monoisotopic (exact) mass is 300 g/mol. The molecule has 20 heavy (non-hydrogen) atoms. The van der Waals surface area contributed by atoms with Gasteiger partial charge in [-0.15, -0.1) is 0 Å². The van der Waals surface area contributed by atoms with E-state index in [4.69, 9.17) is 13.3 Å². The quantitative estimate of drug-likeness (QED) is 0.586. The van der Waals surface area contributed by atoms with Gasteiger partial charge in [0.1, 0.15) is 11.6 Å². The van der Waals surface area contributed by atoms with E-state index >= 15 is 0 Å². The summed E-state index contributed by atoms with van der Waals surface area (Å²) in [5, 5.41) is 0. The van der Waals surface area contributed by atoms with Gasteiger partial charge in [0.15, 0.2) is 0 Å². The van der Waals surface area contributed by atoms with E-state index in [0.29, 0.717) is 11.8 Å². The minimum Gasteiger partial charge on any atom is -0.377 e. The van der Waals surface area contributed by atoms with E-state index < -0.39 is 8.80 Å². The Labute approximate surface area is 121 Å². The van der Waals surface area contributed by atoms with E-state index in [1.165, 1.54) is 12.8 Å². The van der Waals surface area contributed by atoms with Crippen molar-refractivity contribution in [1.82, 2.24) is 0 Å². The minimum absolute atomic E-state index is 0.163. The second-order valence-corrected chi connectivity index (χ2v) is 8.92. The van der Waals surface area contributed by atoms with Crippen LogP contribution in [0.2, 0.25) is 6.55 Å². The summed E-state index contributed by atoms with van der Waals surface area (Å²) >= 11 is 0. The molecule has 0 amide bonds. The molecule has 114 valence electrons. The maximum Gasteiger partial charge on any atom is 0.496 e. The van der Waals surface area contributed by atoms with Crippen LogP contribution in [0, 0.1) is 23.7 Å². The van der Waals surface area contributed by atoms with Gasteiger partial charge in [0.2, 0.25) is 0 Å². The number of carbonyl (C=O) groups is 2. The molecule has 3 rings (SSSR count). The predicted molar refractivity (Wildman–Crippen MR) is 75.1 cm³/mol. The summed E-state index contributed by atoms with van der Waals surface area (Å²) in [6.45, 7) is 1.83. The highest BCUT2D eigenvalue weighted by Gasteiger charge is 2.57. The standard InChI is InChI=1S/C10H12O2.C4H12O3Si/c11-7-4-8(12)10-6-2-1-5(3-6)9(7)10;1-5-8(4,6-2)7-3/h5-6,9-10H,1-4H2;1-4H3. The molecule has 0 aromatic heterocycles. The summed E-state index contributed by atoms with van der Waals surface area (Å²) in [5.74, 6) is 1.99. The SMILES string of the molecule is CO[Si](C)(OC)OC.O=C1CC(=O)C2C3CCC(C3)C12. The highest BCUT2D eigenvalue weighted by atomic mass is 28.4.